The van der Waals surface area contributed by atoms with Crippen LogP contribution in [0.5, 0.6) is 11.5 Å². The van der Waals surface area contributed by atoms with Crippen molar-refractivity contribution in [2.24, 2.45) is 0 Å². The van der Waals surface area contributed by atoms with E-state index in [1.54, 1.807) is 28.9 Å². The van der Waals surface area contributed by atoms with Crippen LogP contribution in [-0.4, -0.2) is 35.6 Å². The molecule has 1 aliphatic carbocycles. The minimum atomic E-state index is -3.03. The fourth-order valence-corrected chi connectivity index (χ4v) is 5.58. The first-order valence-electron chi connectivity index (χ1n) is 10.4. The largest absolute Gasteiger partial charge is 0.457 e. The summed E-state index contributed by atoms with van der Waals surface area (Å²) in [6, 6.07) is 18.2. The third kappa shape index (κ3) is 4.49. The maximum absolute atomic E-state index is 12.8. The number of hydrogen-bond acceptors (Lipinski definition) is 5. The molecule has 2 fully saturated rings. The molecule has 8 heteroatoms. The Balaban J connectivity index is 1.30. The van der Waals surface area contributed by atoms with Gasteiger partial charge in [-0.1, -0.05) is 18.2 Å². The first kappa shape index (κ1) is 19.8. The Kier molecular flexibility index (Phi) is 5.02. The van der Waals surface area contributed by atoms with Gasteiger partial charge in [0.05, 0.1) is 17.5 Å². The molecule has 2 aliphatic rings. The molecule has 7 nitrogen and oxygen atoms in total. The van der Waals surface area contributed by atoms with Gasteiger partial charge in [-0.3, -0.25) is 9.48 Å². The predicted molar refractivity (Wildman–Crippen MR) is 117 cm³/mol. The second kappa shape index (κ2) is 7.85. The van der Waals surface area contributed by atoms with E-state index in [2.05, 4.69) is 10.4 Å². The van der Waals surface area contributed by atoms with E-state index < -0.39 is 9.84 Å². The maximum atomic E-state index is 12.8. The molecule has 1 aromatic heterocycles. The van der Waals surface area contributed by atoms with Gasteiger partial charge in [-0.15, -0.1) is 0 Å². The standard InChI is InChI=1S/C23H23N3O4S/c27-23(24-17-8-10-20(11-9-17)30-19-4-2-1-3-5-19)21-14-22(16-6-7-16)26(25-21)18-12-13-31(28,29)15-18/h1-5,8-11,14,16,18H,6-7,12-13,15H2,(H,24,27)/t18-/m1/s1. The summed E-state index contributed by atoms with van der Waals surface area (Å²) in [4.78, 5) is 12.8. The molecule has 0 unspecified atom stereocenters. The van der Waals surface area contributed by atoms with Gasteiger partial charge < -0.3 is 10.1 Å². The van der Waals surface area contributed by atoms with Crippen LogP contribution in [-0.2, 0) is 9.84 Å². The van der Waals surface area contributed by atoms with Gasteiger partial charge >= 0.3 is 0 Å². The Labute approximate surface area is 181 Å². The number of sulfone groups is 1. The molecule has 1 saturated carbocycles. The zero-order valence-electron chi connectivity index (χ0n) is 16.9. The summed E-state index contributed by atoms with van der Waals surface area (Å²) in [5.41, 5.74) is 1.92. The second-order valence-corrected chi connectivity index (χ2v) is 10.4. The number of anilines is 1. The molecule has 1 saturated heterocycles. The maximum Gasteiger partial charge on any atom is 0.276 e. The number of carbonyl (C=O) groups excluding carboxylic acids is 1. The lowest BCUT2D eigenvalue weighted by Gasteiger charge is -2.12. The number of para-hydroxylation sites is 1. The molecule has 0 bridgehead atoms. The molecular formula is C23H23N3O4S. The second-order valence-electron chi connectivity index (χ2n) is 8.12. The summed E-state index contributed by atoms with van der Waals surface area (Å²) in [6.07, 6.45) is 2.65. The van der Waals surface area contributed by atoms with Crippen LogP contribution >= 0.6 is 0 Å². The highest BCUT2D eigenvalue weighted by atomic mass is 32.2. The van der Waals surface area contributed by atoms with Crippen molar-refractivity contribution in [1.82, 2.24) is 9.78 Å². The number of rotatable bonds is 6. The van der Waals surface area contributed by atoms with Gasteiger partial charge in [-0.25, -0.2) is 8.42 Å². The minimum absolute atomic E-state index is 0.0956. The van der Waals surface area contributed by atoms with Crippen LogP contribution in [0.4, 0.5) is 5.69 Å². The van der Waals surface area contributed by atoms with Gasteiger partial charge in [-0.05, 0) is 61.7 Å². The molecule has 31 heavy (non-hydrogen) atoms. The number of hydrogen-bond donors (Lipinski definition) is 1. The molecule has 1 N–H and O–H groups in total. The fraction of sp³-hybridized carbons (Fsp3) is 0.304. The van der Waals surface area contributed by atoms with E-state index in [4.69, 9.17) is 4.74 Å². The van der Waals surface area contributed by atoms with E-state index in [0.717, 1.165) is 24.3 Å². The average Bonchev–Trinajstić information content (AvgIpc) is 3.40. The van der Waals surface area contributed by atoms with E-state index in [9.17, 15) is 13.2 Å². The van der Waals surface area contributed by atoms with E-state index in [1.807, 2.05) is 36.4 Å². The molecule has 3 aromatic rings. The van der Waals surface area contributed by atoms with Crippen LogP contribution in [0, 0.1) is 0 Å². The van der Waals surface area contributed by atoms with E-state index in [-0.39, 0.29) is 23.5 Å². The third-order valence-electron chi connectivity index (χ3n) is 5.64. The summed E-state index contributed by atoms with van der Waals surface area (Å²) >= 11 is 0. The summed E-state index contributed by atoms with van der Waals surface area (Å²) in [5.74, 6) is 1.75. The quantitative estimate of drug-likeness (QED) is 0.625. The zero-order chi connectivity index (χ0) is 21.4. The highest BCUT2D eigenvalue weighted by Crippen LogP contribution is 2.42. The molecule has 0 spiro atoms. The van der Waals surface area contributed by atoms with E-state index in [1.165, 1.54) is 0 Å². The van der Waals surface area contributed by atoms with Crippen molar-refractivity contribution in [2.75, 3.05) is 16.8 Å². The number of carbonyl (C=O) groups is 1. The minimum Gasteiger partial charge on any atom is -0.457 e. The molecule has 1 aliphatic heterocycles. The molecule has 160 valence electrons. The van der Waals surface area contributed by atoms with E-state index in [0.29, 0.717) is 29.5 Å². The number of nitrogens with zero attached hydrogens (tertiary/aromatic N) is 2. The Hall–Kier alpha value is -3.13. The van der Waals surface area contributed by atoms with Crippen LogP contribution in [0.2, 0.25) is 0 Å². The smallest absolute Gasteiger partial charge is 0.276 e. The summed E-state index contributed by atoms with van der Waals surface area (Å²) in [7, 11) is -3.03. The number of ether oxygens (including phenoxy) is 1. The van der Waals surface area contributed by atoms with Crippen LogP contribution in [0.15, 0.2) is 60.7 Å². The first-order chi connectivity index (χ1) is 15.0. The Morgan fingerprint density at radius 2 is 1.71 bits per heavy atom. The van der Waals surface area contributed by atoms with Gasteiger partial charge in [0, 0.05) is 17.3 Å². The lowest BCUT2D eigenvalue weighted by Crippen LogP contribution is -2.17. The van der Waals surface area contributed by atoms with Crippen molar-refractivity contribution in [1.29, 1.82) is 0 Å². The highest BCUT2D eigenvalue weighted by molar-refractivity contribution is 7.91. The van der Waals surface area contributed by atoms with Gasteiger partial charge in [0.15, 0.2) is 15.5 Å². The van der Waals surface area contributed by atoms with Crippen molar-refractivity contribution >= 4 is 21.4 Å². The van der Waals surface area contributed by atoms with Crippen molar-refractivity contribution in [3.63, 3.8) is 0 Å². The monoisotopic (exact) mass is 437 g/mol. The molecular weight excluding hydrogens is 414 g/mol. The number of nitrogens with one attached hydrogen (secondary N) is 1. The average molecular weight is 438 g/mol. The molecule has 2 heterocycles. The van der Waals surface area contributed by atoms with Gasteiger partial charge in [0.1, 0.15) is 11.5 Å². The fourth-order valence-electron chi connectivity index (χ4n) is 3.89. The van der Waals surface area contributed by atoms with Crippen molar-refractivity contribution in [2.45, 2.75) is 31.2 Å². The summed E-state index contributed by atoms with van der Waals surface area (Å²) < 4.78 is 31.4. The summed E-state index contributed by atoms with van der Waals surface area (Å²) in [6.45, 7) is 0. The molecule has 0 radical (unpaired) electrons. The molecule has 2 aromatic carbocycles. The first-order valence-corrected chi connectivity index (χ1v) is 12.2. The summed E-state index contributed by atoms with van der Waals surface area (Å²) in [5, 5.41) is 7.37. The Bertz CT molecular complexity index is 1200. The zero-order valence-corrected chi connectivity index (χ0v) is 17.7. The van der Waals surface area contributed by atoms with Crippen molar-refractivity contribution < 1.29 is 17.9 Å². The van der Waals surface area contributed by atoms with Gasteiger partial charge in [0.2, 0.25) is 0 Å². The molecule has 1 atom stereocenters. The highest BCUT2D eigenvalue weighted by Gasteiger charge is 2.36. The van der Waals surface area contributed by atoms with Crippen LogP contribution in [0.3, 0.4) is 0 Å². The lowest BCUT2D eigenvalue weighted by atomic mass is 10.2. The van der Waals surface area contributed by atoms with E-state index >= 15 is 0 Å². The Morgan fingerprint density at radius 3 is 2.35 bits per heavy atom. The van der Waals surface area contributed by atoms with Crippen LogP contribution < -0.4 is 10.1 Å². The number of aromatic nitrogens is 2. The topological polar surface area (TPSA) is 90.3 Å². The normalized spacial score (nSPS) is 19.8. The molecule has 1 amide bonds. The third-order valence-corrected chi connectivity index (χ3v) is 7.39. The van der Waals surface area contributed by atoms with Crippen molar-refractivity contribution in [3.05, 3.63) is 72.1 Å². The Morgan fingerprint density at radius 1 is 1.00 bits per heavy atom. The number of benzene rings is 2. The van der Waals surface area contributed by atoms with Crippen LogP contribution in [0.25, 0.3) is 0 Å². The lowest BCUT2D eigenvalue weighted by molar-refractivity contribution is 0.102. The SMILES string of the molecule is O=C(Nc1ccc(Oc2ccccc2)cc1)c1cc(C2CC2)n([C@@H]2CCS(=O)(=O)C2)n1. The van der Waals surface area contributed by atoms with Crippen molar-refractivity contribution in [3.8, 4) is 11.5 Å². The predicted octanol–water partition coefficient (Wildman–Crippen LogP) is 4.16. The number of amides is 1. The van der Waals surface area contributed by atoms with Gasteiger partial charge in [-0.2, -0.15) is 5.10 Å². The van der Waals surface area contributed by atoms with Crippen LogP contribution in [0.1, 0.15) is 47.4 Å². The molecule has 5 rings (SSSR count). The van der Waals surface area contributed by atoms with Gasteiger partial charge in [0.25, 0.3) is 5.91 Å².